The number of rotatable bonds is 4. The van der Waals surface area contributed by atoms with Crippen molar-refractivity contribution in [2.45, 2.75) is 11.8 Å². The van der Waals surface area contributed by atoms with Gasteiger partial charge in [-0.2, -0.15) is 18.3 Å². The third-order valence-corrected chi connectivity index (χ3v) is 5.76. The summed E-state index contributed by atoms with van der Waals surface area (Å²) in [6.45, 7) is -0.160. The number of aliphatic hydroxyl groups is 1. The fraction of sp³-hybridized carbons (Fsp3) is 0.208. The van der Waals surface area contributed by atoms with E-state index >= 15 is 0 Å². The van der Waals surface area contributed by atoms with Gasteiger partial charge in [0.15, 0.2) is 0 Å². The second-order valence-electron chi connectivity index (χ2n) is 7.76. The quantitative estimate of drug-likeness (QED) is 0.502. The lowest BCUT2D eigenvalue weighted by atomic mass is 9.91. The van der Waals surface area contributed by atoms with Crippen molar-refractivity contribution in [3.05, 3.63) is 84.6 Å². The molecule has 1 atom stereocenters. The molecule has 0 aliphatic carbocycles. The van der Waals surface area contributed by atoms with Gasteiger partial charge in [-0.15, -0.1) is 0 Å². The van der Waals surface area contributed by atoms with E-state index in [9.17, 15) is 18.3 Å². The molecule has 0 fully saturated rings. The van der Waals surface area contributed by atoms with E-state index in [0.29, 0.717) is 22.3 Å². The van der Waals surface area contributed by atoms with Crippen molar-refractivity contribution in [3.8, 4) is 11.4 Å². The Hall–Kier alpha value is -3.52. The molecule has 32 heavy (non-hydrogen) atoms. The summed E-state index contributed by atoms with van der Waals surface area (Å²) in [5, 5.41) is 15.9. The van der Waals surface area contributed by atoms with Gasteiger partial charge < -0.3 is 14.7 Å². The molecule has 2 heterocycles. The summed E-state index contributed by atoms with van der Waals surface area (Å²) < 4.78 is 50.0. The van der Waals surface area contributed by atoms with Crippen LogP contribution >= 0.6 is 0 Å². The largest absolute Gasteiger partial charge is 0.490 e. The molecule has 0 saturated carbocycles. The minimum absolute atomic E-state index is 0.228. The molecule has 3 aromatic carbocycles. The second-order valence-corrected chi connectivity index (χ2v) is 7.76. The molecule has 0 radical (unpaired) electrons. The van der Waals surface area contributed by atoms with E-state index in [2.05, 4.69) is 5.10 Å². The molecule has 0 saturated heterocycles. The first-order valence-electron chi connectivity index (χ1n) is 10.2. The second kappa shape index (κ2) is 7.56. The zero-order chi connectivity index (χ0) is 22.3. The molecule has 8 heteroatoms. The van der Waals surface area contributed by atoms with Crippen molar-refractivity contribution in [3.63, 3.8) is 0 Å². The Kier molecular flexibility index (Phi) is 4.82. The molecule has 0 bridgehead atoms. The highest BCUT2D eigenvalue weighted by molar-refractivity contribution is 5.81. The van der Waals surface area contributed by atoms with E-state index in [1.54, 1.807) is 35.0 Å². The fourth-order valence-corrected chi connectivity index (χ4v) is 4.08. The van der Waals surface area contributed by atoms with Crippen LogP contribution in [0, 0.1) is 0 Å². The van der Waals surface area contributed by atoms with Crippen LogP contribution in [0.15, 0.2) is 79.0 Å². The normalized spacial score (nSPS) is 15.8. The summed E-state index contributed by atoms with van der Waals surface area (Å²) in [7, 11) is 0. The van der Waals surface area contributed by atoms with E-state index in [4.69, 9.17) is 4.74 Å². The van der Waals surface area contributed by atoms with Gasteiger partial charge in [-0.1, -0.05) is 36.4 Å². The van der Waals surface area contributed by atoms with E-state index in [0.717, 1.165) is 5.69 Å². The van der Waals surface area contributed by atoms with Crippen molar-refractivity contribution in [2.75, 3.05) is 24.6 Å². The molecule has 164 valence electrons. The number of ether oxygens (including phenoxy) is 1. The van der Waals surface area contributed by atoms with Crippen LogP contribution < -0.4 is 9.64 Å². The van der Waals surface area contributed by atoms with Gasteiger partial charge in [0.2, 0.25) is 5.60 Å². The van der Waals surface area contributed by atoms with Crippen LogP contribution in [0.5, 0.6) is 5.75 Å². The van der Waals surface area contributed by atoms with Crippen LogP contribution in [0.3, 0.4) is 0 Å². The van der Waals surface area contributed by atoms with Gasteiger partial charge in [0.25, 0.3) is 0 Å². The first-order valence-corrected chi connectivity index (χ1v) is 10.2. The fourth-order valence-electron chi connectivity index (χ4n) is 4.08. The lowest BCUT2D eigenvalue weighted by Gasteiger charge is -2.39. The number of hydrogen-bond donors (Lipinski definition) is 1. The van der Waals surface area contributed by atoms with E-state index < -0.39 is 18.3 Å². The Morgan fingerprint density at radius 3 is 2.50 bits per heavy atom. The molecule has 0 amide bonds. The van der Waals surface area contributed by atoms with Crippen molar-refractivity contribution in [2.24, 2.45) is 0 Å². The van der Waals surface area contributed by atoms with Crippen molar-refractivity contribution >= 4 is 16.6 Å². The standard InChI is InChI=1S/C24H20F3N3O2/c25-24(26,27)23(31,16-29-12-13-32-22-9-5-4-8-21(22)29)18-10-11-20-17(14-18)15-28-30(20)19-6-2-1-3-7-19/h1-11,14-15,31H,12-13,16H2. The third kappa shape index (κ3) is 3.36. The molecule has 1 aliphatic rings. The number of alkyl halides is 3. The molecule has 5 rings (SSSR count). The number of nitrogens with zero attached hydrogens (tertiary/aromatic N) is 3. The van der Waals surface area contributed by atoms with Crippen molar-refractivity contribution < 1.29 is 23.0 Å². The number of anilines is 1. The van der Waals surface area contributed by atoms with Gasteiger partial charge in [-0.25, -0.2) is 4.68 Å². The van der Waals surface area contributed by atoms with E-state index in [-0.39, 0.29) is 18.7 Å². The molecule has 4 aromatic rings. The number of para-hydroxylation sites is 3. The summed E-state index contributed by atoms with van der Waals surface area (Å²) in [5.41, 5.74) is -1.32. The van der Waals surface area contributed by atoms with Gasteiger partial charge in [-0.3, -0.25) is 0 Å². The predicted molar refractivity (Wildman–Crippen MR) is 115 cm³/mol. The molecule has 0 spiro atoms. The minimum atomic E-state index is -4.89. The number of halogens is 3. The maximum Gasteiger partial charge on any atom is 0.423 e. The number of hydrogen-bond acceptors (Lipinski definition) is 4. The van der Waals surface area contributed by atoms with Crippen LogP contribution in [0.25, 0.3) is 16.6 Å². The van der Waals surface area contributed by atoms with Gasteiger partial charge in [0.1, 0.15) is 12.4 Å². The van der Waals surface area contributed by atoms with Crippen LogP contribution in [0.1, 0.15) is 5.56 Å². The number of β-amino-alcohol motifs (C(OH)–C–C–N with tert-alkyl or cyclic N) is 1. The monoisotopic (exact) mass is 439 g/mol. The maximum absolute atomic E-state index is 14.3. The summed E-state index contributed by atoms with van der Waals surface area (Å²) in [5.74, 6) is 0.503. The summed E-state index contributed by atoms with van der Waals surface area (Å²) in [6, 6.07) is 20.5. The number of benzene rings is 3. The van der Waals surface area contributed by atoms with Crippen molar-refractivity contribution in [1.82, 2.24) is 9.78 Å². The SMILES string of the molecule is OC(CN1CCOc2ccccc21)(c1ccc2c(cnn2-c2ccccc2)c1)C(F)(F)F. The number of fused-ring (bicyclic) bond motifs is 2. The average Bonchev–Trinajstić information content (AvgIpc) is 3.22. The molecule has 1 aliphatic heterocycles. The zero-order valence-electron chi connectivity index (χ0n) is 17.0. The molecule has 5 nitrogen and oxygen atoms in total. The predicted octanol–water partition coefficient (Wildman–Crippen LogP) is 4.67. The topological polar surface area (TPSA) is 50.5 Å². The van der Waals surface area contributed by atoms with Crippen LogP contribution in [-0.4, -0.2) is 40.8 Å². The highest BCUT2D eigenvalue weighted by atomic mass is 19.4. The van der Waals surface area contributed by atoms with E-state index in [1.807, 2.05) is 30.3 Å². The first-order chi connectivity index (χ1) is 15.4. The van der Waals surface area contributed by atoms with Gasteiger partial charge in [0, 0.05) is 5.39 Å². The van der Waals surface area contributed by atoms with Crippen molar-refractivity contribution in [1.29, 1.82) is 0 Å². The maximum atomic E-state index is 14.3. The molecule has 1 aromatic heterocycles. The number of aromatic nitrogens is 2. The Balaban J connectivity index is 1.55. The minimum Gasteiger partial charge on any atom is -0.490 e. The highest BCUT2D eigenvalue weighted by Crippen LogP contribution is 2.43. The lowest BCUT2D eigenvalue weighted by Crippen LogP contribution is -2.52. The Bertz CT molecular complexity index is 1260. The Morgan fingerprint density at radius 2 is 1.72 bits per heavy atom. The molecule has 1 N–H and O–H groups in total. The van der Waals surface area contributed by atoms with Gasteiger partial charge >= 0.3 is 6.18 Å². The Morgan fingerprint density at radius 1 is 0.969 bits per heavy atom. The zero-order valence-corrected chi connectivity index (χ0v) is 17.0. The Labute approximate surface area is 182 Å². The van der Waals surface area contributed by atoms with Gasteiger partial charge in [0.05, 0.1) is 36.2 Å². The van der Waals surface area contributed by atoms with Crippen LogP contribution in [0.2, 0.25) is 0 Å². The summed E-state index contributed by atoms with van der Waals surface area (Å²) >= 11 is 0. The first kappa shape index (κ1) is 20.4. The van der Waals surface area contributed by atoms with Gasteiger partial charge in [-0.05, 0) is 42.0 Å². The average molecular weight is 439 g/mol. The highest BCUT2D eigenvalue weighted by Gasteiger charge is 2.56. The summed E-state index contributed by atoms with van der Waals surface area (Å²) in [6.07, 6.45) is -3.38. The molecular weight excluding hydrogens is 419 g/mol. The lowest BCUT2D eigenvalue weighted by molar-refractivity contribution is -0.262. The third-order valence-electron chi connectivity index (χ3n) is 5.76. The van der Waals surface area contributed by atoms with Crippen LogP contribution in [-0.2, 0) is 5.60 Å². The molecular formula is C24H20F3N3O2. The van der Waals surface area contributed by atoms with E-state index in [1.165, 1.54) is 23.2 Å². The smallest absolute Gasteiger partial charge is 0.423 e. The summed E-state index contributed by atoms with van der Waals surface area (Å²) in [4.78, 5) is 1.52. The van der Waals surface area contributed by atoms with Crippen LogP contribution in [0.4, 0.5) is 18.9 Å². The molecule has 1 unspecified atom stereocenters.